The van der Waals surface area contributed by atoms with Gasteiger partial charge in [0.25, 0.3) is 0 Å². The number of halogens is 2. The first-order valence-electron chi connectivity index (χ1n) is 11.7. The summed E-state index contributed by atoms with van der Waals surface area (Å²) in [6.07, 6.45) is 0.504. The fourth-order valence-corrected chi connectivity index (χ4v) is 3.93. The van der Waals surface area contributed by atoms with Crippen LogP contribution in [0.25, 0.3) is 11.3 Å². The van der Waals surface area contributed by atoms with Crippen LogP contribution in [0, 0.1) is 12.7 Å². The van der Waals surface area contributed by atoms with Crippen molar-refractivity contribution in [3.8, 4) is 28.5 Å². The lowest BCUT2D eigenvalue weighted by atomic mass is 9.88. The van der Waals surface area contributed by atoms with Gasteiger partial charge in [0.05, 0.1) is 19.9 Å². The van der Waals surface area contributed by atoms with Gasteiger partial charge < -0.3 is 19.3 Å². The van der Waals surface area contributed by atoms with E-state index < -0.39 is 12.3 Å². The van der Waals surface area contributed by atoms with Crippen LogP contribution in [0.4, 0.5) is 8.78 Å². The van der Waals surface area contributed by atoms with Crippen LogP contribution in [-0.4, -0.2) is 43.4 Å². The van der Waals surface area contributed by atoms with Crippen molar-refractivity contribution in [3.63, 3.8) is 0 Å². The largest absolute Gasteiger partial charge is 0.494 e. The molecule has 0 saturated heterocycles. The molecule has 192 valence electrons. The van der Waals surface area contributed by atoms with Crippen LogP contribution in [0.2, 0.25) is 0 Å². The molecular formula is C28H31F2NO5. The molecule has 0 bridgehead atoms. The number of alkyl halides is 1. The van der Waals surface area contributed by atoms with Crippen molar-refractivity contribution in [3.05, 3.63) is 71.2 Å². The SMILES string of the molecule is CC[C@@](O)(CCC(=O)c1ccc(OCCF)c(OC)c1)c1ccc(OC)c(-c2ccc(F)c(C)c2)n1. The van der Waals surface area contributed by atoms with Gasteiger partial charge in [0.2, 0.25) is 0 Å². The summed E-state index contributed by atoms with van der Waals surface area (Å²) >= 11 is 0. The number of benzene rings is 2. The van der Waals surface area contributed by atoms with Crippen LogP contribution in [-0.2, 0) is 5.60 Å². The van der Waals surface area contributed by atoms with Gasteiger partial charge in [-0.15, -0.1) is 0 Å². The molecule has 1 heterocycles. The first-order valence-corrected chi connectivity index (χ1v) is 11.7. The molecule has 36 heavy (non-hydrogen) atoms. The van der Waals surface area contributed by atoms with Crippen molar-refractivity contribution in [2.24, 2.45) is 0 Å². The molecule has 0 aliphatic carbocycles. The first kappa shape index (κ1) is 27.1. The lowest BCUT2D eigenvalue weighted by molar-refractivity contribution is 0.0172. The zero-order valence-electron chi connectivity index (χ0n) is 20.9. The monoisotopic (exact) mass is 499 g/mol. The van der Waals surface area contributed by atoms with Crippen LogP contribution >= 0.6 is 0 Å². The van der Waals surface area contributed by atoms with E-state index >= 15 is 0 Å². The Morgan fingerprint density at radius 1 is 1.03 bits per heavy atom. The zero-order valence-corrected chi connectivity index (χ0v) is 20.9. The van der Waals surface area contributed by atoms with Crippen molar-refractivity contribution in [2.45, 2.75) is 38.7 Å². The maximum Gasteiger partial charge on any atom is 0.163 e. The summed E-state index contributed by atoms with van der Waals surface area (Å²) < 4.78 is 42.2. The number of hydrogen-bond acceptors (Lipinski definition) is 6. The van der Waals surface area contributed by atoms with E-state index in [4.69, 9.17) is 14.2 Å². The molecule has 0 aliphatic heterocycles. The standard InChI is InChI=1S/C28H31F2NO5/c1-5-28(33,13-12-22(32)19-7-9-23(36-15-14-29)25(17-19)35-4)26-11-10-24(34-3)27(31-26)20-6-8-21(30)18(2)16-20/h6-11,16-17,33H,5,12-15H2,1-4H3/t28-/m1/s1. The Bertz CT molecular complexity index is 1220. The van der Waals surface area contributed by atoms with Crippen LogP contribution < -0.4 is 14.2 Å². The minimum atomic E-state index is -1.37. The number of ether oxygens (including phenoxy) is 3. The number of aryl methyl sites for hydroxylation is 1. The van der Waals surface area contributed by atoms with E-state index in [0.717, 1.165) is 0 Å². The van der Waals surface area contributed by atoms with Crippen molar-refractivity contribution in [2.75, 3.05) is 27.5 Å². The highest BCUT2D eigenvalue weighted by atomic mass is 19.1. The molecule has 1 N–H and O–H groups in total. The van der Waals surface area contributed by atoms with E-state index in [1.54, 1.807) is 49.4 Å². The minimum Gasteiger partial charge on any atom is -0.494 e. The van der Waals surface area contributed by atoms with Gasteiger partial charge in [-0.1, -0.05) is 6.92 Å². The molecule has 0 saturated carbocycles. The molecular weight excluding hydrogens is 468 g/mol. The minimum absolute atomic E-state index is 0.0525. The van der Waals surface area contributed by atoms with Crippen LogP contribution in [0.5, 0.6) is 17.2 Å². The van der Waals surface area contributed by atoms with Crippen LogP contribution in [0.15, 0.2) is 48.5 Å². The predicted molar refractivity (Wildman–Crippen MR) is 133 cm³/mol. The van der Waals surface area contributed by atoms with E-state index in [2.05, 4.69) is 4.98 Å². The Hall–Kier alpha value is -3.52. The summed E-state index contributed by atoms with van der Waals surface area (Å²) in [5, 5.41) is 11.5. The number of carbonyl (C=O) groups is 1. The predicted octanol–water partition coefficient (Wildman–Crippen LogP) is 5.82. The van der Waals surface area contributed by atoms with Gasteiger partial charge in [0.1, 0.15) is 36.1 Å². The van der Waals surface area contributed by atoms with Gasteiger partial charge in [-0.3, -0.25) is 4.79 Å². The summed E-state index contributed by atoms with van der Waals surface area (Å²) in [4.78, 5) is 17.6. The second-order valence-corrected chi connectivity index (χ2v) is 8.42. The number of hydrogen-bond donors (Lipinski definition) is 1. The lowest BCUT2D eigenvalue weighted by Crippen LogP contribution is -2.27. The molecule has 3 aromatic rings. The Kier molecular flexibility index (Phi) is 8.98. The molecule has 0 fully saturated rings. The van der Waals surface area contributed by atoms with Crippen molar-refractivity contribution in [1.82, 2.24) is 4.98 Å². The van der Waals surface area contributed by atoms with E-state index in [-0.39, 0.29) is 31.0 Å². The van der Waals surface area contributed by atoms with E-state index in [9.17, 15) is 18.7 Å². The molecule has 0 unspecified atom stereocenters. The Balaban J connectivity index is 1.84. The molecule has 0 aliphatic rings. The van der Waals surface area contributed by atoms with Gasteiger partial charge in [0, 0.05) is 17.5 Å². The number of methoxy groups -OCH3 is 2. The highest BCUT2D eigenvalue weighted by Gasteiger charge is 2.31. The van der Waals surface area contributed by atoms with Crippen molar-refractivity contribution >= 4 is 5.78 Å². The van der Waals surface area contributed by atoms with Crippen LogP contribution in [0.3, 0.4) is 0 Å². The third kappa shape index (κ3) is 5.99. The fraction of sp³-hybridized carbons (Fsp3) is 0.357. The topological polar surface area (TPSA) is 77.9 Å². The lowest BCUT2D eigenvalue weighted by Gasteiger charge is -2.27. The van der Waals surface area contributed by atoms with Crippen LogP contribution in [0.1, 0.15) is 47.8 Å². The highest BCUT2D eigenvalue weighted by molar-refractivity contribution is 5.96. The molecule has 1 aromatic heterocycles. The second-order valence-electron chi connectivity index (χ2n) is 8.42. The van der Waals surface area contributed by atoms with E-state index in [0.29, 0.717) is 51.7 Å². The highest BCUT2D eigenvalue weighted by Crippen LogP contribution is 2.36. The number of rotatable bonds is 12. The normalized spacial score (nSPS) is 12.6. The molecule has 0 amide bonds. The van der Waals surface area contributed by atoms with Gasteiger partial charge in [-0.25, -0.2) is 13.8 Å². The molecule has 0 spiro atoms. The van der Waals surface area contributed by atoms with Crippen molar-refractivity contribution < 1.29 is 32.9 Å². The number of pyridine rings is 1. The number of aromatic nitrogens is 1. The number of carbonyl (C=O) groups excluding carboxylic acids is 1. The molecule has 2 aromatic carbocycles. The molecule has 6 nitrogen and oxygen atoms in total. The summed E-state index contributed by atoms with van der Waals surface area (Å²) in [6, 6.07) is 12.7. The van der Waals surface area contributed by atoms with E-state index in [1.165, 1.54) is 20.3 Å². The van der Waals surface area contributed by atoms with Gasteiger partial charge in [-0.05, 0) is 73.9 Å². The summed E-state index contributed by atoms with van der Waals surface area (Å²) in [5.41, 5.74) is 1.01. The Labute approximate surface area is 209 Å². The maximum atomic E-state index is 13.8. The fourth-order valence-electron chi connectivity index (χ4n) is 3.93. The number of Topliss-reactive ketones (excluding diaryl/α,β-unsaturated/α-hetero) is 1. The summed E-state index contributed by atoms with van der Waals surface area (Å²) in [6.45, 7) is 2.73. The third-order valence-corrected chi connectivity index (χ3v) is 6.16. The average Bonchev–Trinajstić information content (AvgIpc) is 2.91. The molecule has 3 rings (SSSR count). The number of aliphatic hydroxyl groups is 1. The quantitative estimate of drug-likeness (QED) is 0.316. The number of ketones is 1. The maximum absolute atomic E-state index is 13.8. The second kappa shape index (κ2) is 11.9. The average molecular weight is 500 g/mol. The first-order chi connectivity index (χ1) is 17.3. The zero-order chi connectivity index (χ0) is 26.3. The van der Waals surface area contributed by atoms with Gasteiger partial charge in [-0.2, -0.15) is 0 Å². The summed E-state index contributed by atoms with van der Waals surface area (Å²) in [5.74, 6) is 0.650. The van der Waals surface area contributed by atoms with Gasteiger partial charge >= 0.3 is 0 Å². The molecule has 1 atom stereocenters. The smallest absolute Gasteiger partial charge is 0.163 e. The number of nitrogens with zero attached hydrogens (tertiary/aromatic N) is 1. The van der Waals surface area contributed by atoms with Crippen molar-refractivity contribution in [1.29, 1.82) is 0 Å². The third-order valence-electron chi connectivity index (χ3n) is 6.16. The Morgan fingerprint density at radius 2 is 1.75 bits per heavy atom. The molecule has 0 radical (unpaired) electrons. The summed E-state index contributed by atoms with van der Waals surface area (Å²) in [7, 11) is 2.96. The molecule has 8 heteroatoms. The van der Waals surface area contributed by atoms with Gasteiger partial charge in [0.15, 0.2) is 17.3 Å². The van der Waals surface area contributed by atoms with E-state index in [1.807, 2.05) is 6.92 Å². The Morgan fingerprint density at radius 3 is 2.39 bits per heavy atom.